The van der Waals surface area contributed by atoms with Crippen molar-refractivity contribution in [3.8, 4) is 0 Å². The summed E-state index contributed by atoms with van der Waals surface area (Å²) in [6.07, 6.45) is 2.59. The minimum absolute atomic E-state index is 0.418. The molecule has 0 atom stereocenters. The maximum absolute atomic E-state index is 5.83. The molecule has 0 radical (unpaired) electrons. The summed E-state index contributed by atoms with van der Waals surface area (Å²) in [7, 11) is 0. The van der Waals surface area contributed by atoms with Crippen molar-refractivity contribution < 1.29 is 0 Å². The number of pyridine rings is 1. The number of nitrogens with zero attached hydrogens (tertiary/aromatic N) is 1. The fourth-order valence-corrected chi connectivity index (χ4v) is 2.91. The second-order valence-corrected chi connectivity index (χ2v) is 6.48. The minimum Gasteiger partial charge on any atom is -0.389 e. The van der Waals surface area contributed by atoms with Crippen molar-refractivity contribution in [3.63, 3.8) is 0 Å². The fraction of sp³-hybridized carbons (Fsp3) is 0.600. The monoisotopic (exact) mass is 277 g/mol. The summed E-state index contributed by atoms with van der Waals surface area (Å²) in [4.78, 5) is 4.99. The van der Waals surface area contributed by atoms with Crippen molar-refractivity contribution in [3.05, 3.63) is 22.9 Å². The van der Waals surface area contributed by atoms with Gasteiger partial charge in [-0.3, -0.25) is 0 Å². The fourth-order valence-electron chi connectivity index (χ4n) is 2.65. The Kier molecular flexibility index (Phi) is 3.81. The van der Waals surface area contributed by atoms with Gasteiger partial charge in [0.2, 0.25) is 0 Å². The van der Waals surface area contributed by atoms with E-state index in [9.17, 15) is 0 Å². The maximum Gasteiger partial charge on any atom is 0.136 e. The Morgan fingerprint density at radius 3 is 2.58 bits per heavy atom. The summed E-state index contributed by atoms with van der Waals surface area (Å²) >= 11 is 5.15. The second kappa shape index (κ2) is 5.08. The van der Waals surface area contributed by atoms with Crippen molar-refractivity contribution >= 4 is 23.0 Å². The third kappa shape index (κ3) is 2.89. The van der Waals surface area contributed by atoms with Crippen LogP contribution in [0.3, 0.4) is 0 Å². The van der Waals surface area contributed by atoms with Gasteiger partial charge in [0.05, 0.1) is 5.56 Å². The number of nitrogens with one attached hydrogen (secondary N) is 1. The lowest BCUT2D eigenvalue weighted by Gasteiger charge is -2.22. The molecule has 1 aliphatic rings. The zero-order valence-electron chi connectivity index (χ0n) is 12.2. The molecular weight excluding hydrogens is 254 g/mol. The Morgan fingerprint density at radius 2 is 2.11 bits per heavy atom. The van der Waals surface area contributed by atoms with Crippen LogP contribution in [0.5, 0.6) is 0 Å². The highest BCUT2D eigenvalue weighted by molar-refractivity contribution is 7.80. The van der Waals surface area contributed by atoms with Crippen LogP contribution < -0.4 is 11.1 Å². The van der Waals surface area contributed by atoms with E-state index in [4.69, 9.17) is 18.0 Å². The van der Waals surface area contributed by atoms with Crippen LogP contribution in [-0.2, 0) is 0 Å². The van der Waals surface area contributed by atoms with E-state index in [1.807, 2.05) is 19.9 Å². The standard InChI is InChI=1S/C15H23N3S/c1-9(2)15(5-6-15)8-17-14-12(13(16)19)10(3)7-11(4)18-14/h7,9H,5-6,8H2,1-4H3,(H2,16,19)(H,17,18). The van der Waals surface area contributed by atoms with E-state index in [0.29, 0.717) is 16.3 Å². The molecule has 1 aromatic heterocycles. The number of hydrogen-bond acceptors (Lipinski definition) is 3. The van der Waals surface area contributed by atoms with Crippen molar-refractivity contribution in [1.29, 1.82) is 0 Å². The highest BCUT2D eigenvalue weighted by Crippen LogP contribution is 2.51. The van der Waals surface area contributed by atoms with Gasteiger partial charge in [-0.1, -0.05) is 26.1 Å². The van der Waals surface area contributed by atoms with Gasteiger partial charge >= 0.3 is 0 Å². The summed E-state index contributed by atoms with van der Waals surface area (Å²) in [5.74, 6) is 1.54. The number of aryl methyl sites for hydroxylation is 2. The number of nitrogens with two attached hydrogens (primary N) is 1. The molecular formula is C15H23N3S. The molecule has 1 fully saturated rings. The topological polar surface area (TPSA) is 50.9 Å². The summed E-state index contributed by atoms with van der Waals surface area (Å²) in [6.45, 7) is 9.56. The zero-order chi connectivity index (χ0) is 14.2. The molecule has 1 aliphatic carbocycles. The Bertz CT molecular complexity index is 504. The van der Waals surface area contributed by atoms with E-state index in [-0.39, 0.29) is 0 Å². The van der Waals surface area contributed by atoms with Crippen LogP contribution in [0.1, 0.15) is 43.5 Å². The molecule has 19 heavy (non-hydrogen) atoms. The van der Waals surface area contributed by atoms with Crippen molar-refractivity contribution in [1.82, 2.24) is 4.98 Å². The summed E-state index contributed by atoms with van der Waals surface area (Å²) in [6, 6.07) is 2.02. The predicted octanol–water partition coefficient (Wildman–Crippen LogP) is 3.18. The molecule has 3 N–H and O–H groups in total. The number of thiocarbonyl (C=S) groups is 1. The maximum atomic E-state index is 5.83. The van der Waals surface area contributed by atoms with Crippen LogP contribution in [0.2, 0.25) is 0 Å². The largest absolute Gasteiger partial charge is 0.389 e. The molecule has 104 valence electrons. The smallest absolute Gasteiger partial charge is 0.136 e. The van der Waals surface area contributed by atoms with E-state index in [1.54, 1.807) is 0 Å². The SMILES string of the molecule is Cc1cc(C)c(C(N)=S)c(NCC2(C(C)C)CC2)n1. The molecule has 4 heteroatoms. The first-order chi connectivity index (χ1) is 8.85. The van der Waals surface area contributed by atoms with Crippen LogP contribution >= 0.6 is 12.2 Å². The molecule has 1 heterocycles. The Balaban J connectivity index is 2.22. The molecule has 3 nitrogen and oxygen atoms in total. The summed E-state index contributed by atoms with van der Waals surface area (Å²) in [5, 5.41) is 3.48. The normalized spacial score (nSPS) is 16.5. The van der Waals surface area contributed by atoms with Gasteiger partial charge in [0.1, 0.15) is 10.8 Å². The molecule has 0 amide bonds. The zero-order valence-corrected chi connectivity index (χ0v) is 13.0. The van der Waals surface area contributed by atoms with Gasteiger partial charge in [-0.2, -0.15) is 0 Å². The highest BCUT2D eigenvalue weighted by Gasteiger charge is 2.45. The second-order valence-electron chi connectivity index (χ2n) is 6.04. The molecule has 0 unspecified atom stereocenters. The first-order valence-corrected chi connectivity index (χ1v) is 7.28. The van der Waals surface area contributed by atoms with Crippen LogP contribution in [0.15, 0.2) is 6.07 Å². The van der Waals surface area contributed by atoms with Crippen LogP contribution in [0, 0.1) is 25.2 Å². The van der Waals surface area contributed by atoms with Crippen LogP contribution in [0.25, 0.3) is 0 Å². The summed E-state index contributed by atoms with van der Waals surface area (Å²) in [5.41, 5.74) is 9.25. The van der Waals surface area contributed by atoms with Gasteiger partial charge in [-0.25, -0.2) is 4.98 Å². The van der Waals surface area contributed by atoms with Gasteiger partial charge in [0.25, 0.3) is 0 Å². The van der Waals surface area contributed by atoms with Gasteiger partial charge in [0, 0.05) is 12.2 Å². The van der Waals surface area contributed by atoms with Gasteiger partial charge in [0.15, 0.2) is 0 Å². The third-order valence-electron chi connectivity index (χ3n) is 4.32. The van der Waals surface area contributed by atoms with Gasteiger partial charge in [-0.15, -0.1) is 0 Å². The number of rotatable bonds is 5. The number of anilines is 1. The minimum atomic E-state index is 0.418. The third-order valence-corrected chi connectivity index (χ3v) is 4.52. The van der Waals surface area contributed by atoms with Crippen LogP contribution in [-0.4, -0.2) is 16.5 Å². The highest BCUT2D eigenvalue weighted by atomic mass is 32.1. The summed E-state index contributed by atoms with van der Waals surface area (Å²) < 4.78 is 0. The Morgan fingerprint density at radius 1 is 1.47 bits per heavy atom. The quantitative estimate of drug-likeness (QED) is 0.812. The molecule has 1 saturated carbocycles. The first-order valence-electron chi connectivity index (χ1n) is 6.87. The average molecular weight is 277 g/mol. The molecule has 0 aromatic carbocycles. The number of hydrogen-bond donors (Lipinski definition) is 2. The van der Waals surface area contributed by atoms with Gasteiger partial charge in [-0.05, 0) is 49.7 Å². The average Bonchev–Trinajstić information content (AvgIpc) is 3.05. The lowest BCUT2D eigenvalue weighted by Crippen LogP contribution is -2.24. The van der Waals surface area contributed by atoms with Crippen LogP contribution in [0.4, 0.5) is 5.82 Å². The molecule has 0 aliphatic heterocycles. The molecule has 0 bridgehead atoms. The van der Waals surface area contributed by atoms with E-state index in [1.165, 1.54) is 12.8 Å². The van der Waals surface area contributed by atoms with E-state index in [2.05, 4.69) is 24.1 Å². The lowest BCUT2D eigenvalue weighted by atomic mass is 9.92. The van der Waals surface area contributed by atoms with E-state index >= 15 is 0 Å². The number of aromatic nitrogens is 1. The molecule has 1 aromatic rings. The lowest BCUT2D eigenvalue weighted by molar-refractivity contribution is 0.380. The van der Waals surface area contributed by atoms with E-state index < -0.39 is 0 Å². The Hall–Kier alpha value is -1.16. The Labute approximate surface area is 121 Å². The molecule has 2 rings (SSSR count). The molecule has 0 spiro atoms. The van der Waals surface area contributed by atoms with Gasteiger partial charge < -0.3 is 11.1 Å². The van der Waals surface area contributed by atoms with Crippen molar-refractivity contribution in [2.24, 2.45) is 17.1 Å². The van der Waals surface area contributed by atoms with Crippen molar-refractivity contribution in [2.75, 3.05) is 11.9 Å². The van der Waals surface area contributed by atoms with Crippen molar-refractivity contribution in [2.45, 2.75) is 40.5 Å². The van der Waals surface area contributed by atoms with E-state index in [0.717, 1.165) is 29.2 Å². The molecule has 0 saturated heterocycles. The first kappa shape index (κ1) is 14.3. The predicted molar refractivity (Wildman–Crippen MR) is 84.6 cm³/mol.